The van der Waals surface area contributed by atoms with Crippen LogP contribution in [0.5, 0.6) is 0 Å². The number of carbonyl (C=O) groups is 1. The van der Waals surface area contributed by atoms with Crippen LogP contribution in [0, 0.1) is 10.1 Å². The van der Waals surface area contributed by atoms with E-state index in [1.54, 1.807) is 22.4 Å². The number of hydrogen-bond acceptors (Lipinski definition) is 6. The summed E-state index contributed by atoms with van der Waals surface area (Å²) in [6.07, 6.45) is 0. The van der Waals surface area contributed by atoms with Crippen molar-refractivity contribution in [3.63, 3.8) is 0 Å². The third-order valence-corrected chi connectivity index (χ3v) is 4.60. The van der Waals surface area contributed by atoms with E-state index in [9.17, 15) is 14.9 Å². The van der Waals surface area contributed by atoms with Crippen molar-refractivity contribution in [3.8, 4) is 10.6 Å². The zero-order valence-electron chi connectivity index (χ0n) is 12.6. The maximum Gasteiger partial charge on any atom is 0.273 e. The van der Waals surface area contributed by atoms with E-state index in [-0.39, 0.29) is 17.6 Å². The highest BCUT2D eigenvalue weighted by Gasteiger charge is 2.23. The molecule has 2 aromatic rings. The Labute approximate surface area is 137 Å². The number of amides is 1. The van der Waals surface area contributed by atoms with Crippen LogP contribution in [0.4, 0.5) is 5.69 Å². The zero-order valence-corrected chi connectivity index (χ0v) is 13.4. The van der Waals surface area contributed by atoms with Gasteiger partial charge >= 0.3 is 0 Å². The predicted molar refractivity (Wildman–Crippen MR) is 87.6 cm³/mol. The van der Waals surface area contributed by atoms with E-state index >= 15 is 0 Å². The van der Waals surface area contributed by atoms with Crippen molar-refractivity contribution in [1.82, 2.24) is 15.2 Å². The predicted octanol–water partition coefficient (Wildman–Crippen LogP) is 2.15. The van der Waals surface area contributed by atoms with E-state index in [1.807, 2.05) is 6.92 Å². The standard InChI is InChI=1S/C15H16N4O3S/c1-10-8-18(7-6-16-10)15(20)13-9-23-14(17-13)11-2-4-12(5-3-11)19(21)22/h2-5,9-10,16H,6-8H2,1H3. The monoisotopic (exact) mass is 332 g/mol. The molecule has 1 N–H and O–H groups in total. The Morgan fingerprint density at radius 2 is 2.17 bits per heavy atom. The van der Waals surface area contributed by atoms with E-state index < -0.39 is 4.92 Å². The van der Waals surface area contributed by atoms with Gasteiger partial charge in [0.05, 0.1) is 4.92 Å². The molecule has 120 valence electrons. The van der Waals surface area contributed by atoms with Crippen molar-refractivity contribution < 1.29 is 9.72 Å². The first-order chi connectivity index (χ1) is 11.0. The van der Waals surface area contributed by atoms with Crippen LogP contribution in [0.25, 0.3) is 10.6 Å². The van der Waals surface area contributed by atoms with Crippen LogP contribution in [-0.2, 0) is 0 Å². The molecule has 1 aliphatic rings. The molecule has 0 spiro atoms. The summed E-state index contributed by atoms with van der Waals surface area (Å²) in [5.74, 6) is -0.0669. The fraction of sp³-hybridized carbons (Fsp3) is 0.333. The number of benzene rings is 1. The number of nitrogens with one attached hydrogen (secondary N) is 1. The average Bonchev–Trinajstić information content (AvgIpc) is 3.04. The van der Waals surface area contributed by atoms with E-state index in [0.717, 1.165) is 12.1 Å². The van der Waals surface area contributed by atoms with Crippen molar-refractivity contribution >= 4 is 22.9 Å². The molecule has 0 radical (unpaired) electrons. The van der Waals surface area contributed by atoms with Gasteiger partial charge in [0.1, 0.15) is 10.7 Å². The molecule has 23 heavy (non-hydrogen) atoms. The summed E-state index contributed by atoms with van der Waals surface area (Å²) >= 11 is 1.37. The lowest BCUT2D eigenvalue weighted by Crippen LogP contribution is -2.51. The van der Waals surface area contributed by atoms with Crippen molar-refractivity contribution in [3.05, 3.63) is 45.5 Å². The van der Waals surface area contributed by atoms with E-state index in [0.29, 0.717) is 23.8 Å². The Morgan fingerprint density at radius 1 is 1.43 bits per heavy atom. The Balaban J connectivity index is 1.77. The van der Waals surface area contributed by atoms with Crippen LogP contribution < -0.4 is 5.32 Å². The van der Waals surface area contributed by atoms with Gasteiger partial charge < -0.3 is 10.2 Å². The molecule has 0 bridgehead atoms. The number of nitro benzene ring substituents is 1. The van der Waals surface area contributed by atoms with Crippen molar-refractivity contribution in [2.45, 2.75) is 13.0 Å². The molecule has 1 fully saturated rings. The number of hydrogen-bond donors (Lipinski definition) is 1. The molecular formula is C15H16N4O3S. The minimum Gasteiger partial charge on any atom is -0.334 e. The minimum atomic E-state index is -0.438. The average molecular weight is 332 g/mol. The Kier molecular flexibility index (Phi) is 4.35. The molecule has 1 amide bonds. The first-order valence-electron chi connectivity index (χ1n) is 7.27. The second-order valence-corrected chi connectivity index (χ2v) is 6.31. The highest BCUT2D eigenvalue weighted by atomic mass is 32.1. The number of non-ortho nitro benzene ring substituents is 1. The summed E-state index contributed by atoms with van der Waals surface area (Å²) in [5.41, 5.74) is 1.24. The lowest BCUT2D eigenvalue weighted by Gasteiger charge is -2.31. The Morgan fingerprint density at radius 3 is 2.83 bits per heavy atom. The number of rotatable bonds is 3. The van der Waals surface area contributed by atoms with Crippen molar-refractivity contribution in [1.29, 1.82) is 0 Å². The summed E-state index contributed by atoms with van der Waals surface area (Å²) in [5, 5.41) is 16.4. The number of piperazine rings is 1. The van der Waals surface area contributed by atoms with Crippen LogP contribution in [0.1, 0.15) is 17.4 Å². The summed E-state index contributed by atoms with van der Waals surface area (Å²) in [6, 6.07) is 6.46. The van der Waals surface area contributed by atoms with Crippen LogP contribution in [0.3, 0.4) is 0 Å². The number of nitro groups is 1. The first-order valence-corrected chi connectivity index (χ1v) is 8.15. The molecule has 1 atom stereocenters. The van der Waals surface area contributed by atoms with E-state index in [1.165, 1.54) is 23.5 Å². The molecule has 1 aliphatic heterocycles. The van der Waals surface area contributed by atoms with Gasteiger partial charge in [0.25, 0.3) is 11.6 Å². The van der Waals surface area contributed by atoms with Gasteiger partial charge in [-0.3, -0.25) is 14.9 Å². The molecule has 3 rings (SSSR count). The van der Waals surface area contributed by atoms with Crippen molar-refractivity contribution in [2.75, 3.05) is 19.6 Å². The van der Waals surface area contributed by atoms with Gasteiger partial charge in [-0.25, -0.2) is 4.98 Å². The fourth-order valence-electron chi connectivity index (χ4n) is 2.51. The second kappa shape index (κ2) is 6.43. The summed E-state index contributed by atoms with van der Waals surface area (Å²) in [4.78, 5) is 28.9. The Bertz CT molecular complexity index is 729. The number of nitrogens with zero attached hydrogens (tertiary/aromatic N) is 3. The molecule has 1 aromatic heterocycles. The summed E-state index contributed by atoms with van der Waals surface area (Å²) in [7, 11) is 0. The number of thiazole rings is 1. The molecule has 8 heteroatoms. The second-order valence-electron chi connectivity index (χ2n) is 5.45. The van der Waals surface area contributed by atoms with Gasteiger partial charge in [-0.2, -0.15) is 0 Å². The minimum absolute atomic E-state index is 0.0383. The van der Waals surface area contributed by atoms with Crippen LogP contribution in [0.2, 0.25) is 0 Å². The zero-order chi connectivity index (χ0) is 16.4. The summed E-state index contributed by atoms with van der Waals surface area (Å²) in [6.45, 7) is 4.17. The normalized spacial score (nSPS) is 18.0. The van der Waals surface area contributed by atoms with Gasteiger partial charge in [0.2, 0.25) is 0 Å². The molecule has 2 heterocycles. The highest BCUT2D eigenvalue weighted by molar-refractivity contribution is 7.13. The van der Waals surface area contributed by atoms with Crippen molar-refractivity contribution in [2.24, 2.45) is 0 Å². The number of aromatic nitrogens is 1. The van der Waals surface area contributed by atoms with Crippen LogP contribution in [-0.4, -0.2) is 46.4 Å². The molecule has 1 unspecified atom stereocenters. The molecular weight excluding hydrogens is 316 g/mol. The molecule has 7 nitrogen and oxygen atoms in total. The van der Waals surface area contributed by atoms with Gasteiger partial charge in [-0.15, -0.1) is 11.3 Å². The van der Waals surface area contributed by atoms with Gasteiger partial charge in [-0.05, 0) is 19.1 Å². The largest absolute Gasteiger partial charge is 0.334 e. The SMILES string of the molecule is CC1CN(C(=O)c2csc(-c3ccc([N+](=O)[O-])cc3)n2)CCN1. The highest BCUT2D eigenvalue weighted by Crippen LogP contribution is 2.26. The maximum absolute atomic E-state index is 12.5. The third-order valence-electron chi connectivity index (χ3n) is 3.70. The quantitative estimate of drug-likeness (QED) is 0.687. The number of carbonyl (C=O) groups excluding carboxylic acids is 1. The van der Waals surface area contributed by atoms with E-state index in [4.69, 9.17) is 0 Å². The molecule has 1 saturated heterocycles. The van der Waals surface area contributed by atoms with Crippen LogP contribution in [0.15, 0.2) is 29.6 Å². The molecule has 0 aliphatic carbocycles. The van der Waals surface area contributed by atoms with Crippen LogP contribution >= 0.6 is 11.3 Å². The maximum atomic E-state index is 12.5. The lowest BCUT2D eigenvalue weighted by atomic mass is 10.2. The third kappa shape index (κ3) is 3.38. The Hall–Kier alpha value is -2.32. The fourth-order valence-corrected chi connectivity index (χ4v) is 3.31. The lowest BCUT2D eigenvalue weighted by molar-refractivity contribution is -0.384. The first kappa shape index (κ1) is 15.6. The van der Waals surface area contributed by atoms with Gasteiger partial charge in [0.15, 0.2) is 0 Å². The van der Waals surface area contributed by atoms with E-state index in [2.05, 4.69) is 10.3 Å². The molecule has 0 saturated carbocycles. The molecule has 1 aromatic carbocycles. The van der Waals surface area contributed by atoms with Gasteiger partial charge in [-0.1, -0.05) is 0 Å². The smallest absolute Gasteiger partial charge is 0.273 e. The topological polar surface area (TPSA) is 88.4 Å². The van der Waals surface area contributed by atoms with Gasteiger partial charge in [0, 0.05) is 48.8 Å². The summed E-state index contributed by atoms with van der Waals surface area (Å²) < 4.78 is 0.